The highest BCUT2D eigenvalue weighted by molar-refractivity contribution is 7.14. The average Bonchev–Trinajstić information content (AvgIpc) is 3.11. The van der Waals surface area contributed by atoms with Crippen LogP contribution in [0.5, 0.6) is 0 Å². The van der Waals surface area contributed by atoms with Crippen LogP contribution in [0, 0.1) is 5.92 Å². The summed E-state index contributed by atoms with van der Waals surface area (Å²) in [5.41, 5.74) is 3.64. The van der Waals surface area contributed by atoms with Crippen molar-refractivity contribution in [2.45, 2.75) is 26.3 Å². The standard InChI is InChI=1S/C19H24N4O3S/c1-12(5-4-8-26-3)17(24)22-18-20-16(11-27-18)13-6-7-15-14(9-13)10-23(2)19(25)21-15/h6-7,9,11-12H,4-5,8,10H2,1-3H3,(H,21,25)(H,20,22,24)/t12-/m1/s1. The van der Waals surface area contributed by atoms with Crippen LogP contribution in [0.2, 0.25) is 0 Å². The molecule has 0 saturated carbocycles. The summed E-state index contributed by atoms with van der Waals surface area (Å²) >= 11 is 1.41. The number of benzene rings is 1. The lowest BCUT2D eigenvalue weighted by molar-refractivity contribution is -0.119. The Kier molecular flexibility index (Phi) is 6.08. The minimum absolute atomic E-state index is 0.0261. The van der Waals surface area contributed by atoms with E-state index in [1.54, 1.807) is 19.1 Å². The minimum Gasteiger partial charge on any atom is -0.385 e. The Balaban J connectivity index is 1.66. The smallest absolute Gasteiger partial charge is 0.321 e. The maximum Gasteiger partial charge on any atom is 0.321 e. The van der Waals surface area contributed by atoms with Gasteiger partial charge in [0.15, 0.2) is 5.13 Å². The third-order valence-electron chi connectivity index (χ3n) is 4.56. The summed E-state index contributed by atoms with van der Waals surface area (Å²) in [7, 11) is 3.42. The van der Waals surface area contributed by atoms with Crippen LogP contribution < -0.4 is 10.6 Å². The second-order valence-electron chi connectivity index (χ2n) is 6.72. The second-order valence-corrected chi connectivity index (χ2v) is 7.58. The first-order chi connectivity index (χ1) is 13.0. The van der Waals surface area contributed by atoms with Crippen molar-refractivity contribution in [1.82, 2.24) is 9.88 Å². The van der Waals surface area contributed by atoms with Crippen LogP contribution >= 0.6 is 11.3 Å². The summed E-state index contributed by atoms with van der Waals surface area (Å²) in [6.45, 7) is 3.13. The Labute approximate surface area is 162 Å². The van der Waals surface area contributed by atoms with E-state index in [0.717, 1.165) is 35.3 Å². The molecule has 2 aromatic rings. The molecule has 3 rings (SSSR count). The summed E-state index contributed by atoms with van der Waals surface area (Å²) in [5.74, 6) is -0.114. The van der Waals surface area contributed by atoms with Gasteiger partial charge in [-0.2, -0.15) is 0 Å². The zero-order valence-corrected chi connectivity index (χ0v) is 16.6. The lowest BCUT2D eigenvalue weighted by atomic mass is 10.0. The second kappa shape index (κ2) is 8.49. The van der Waals surface area contributed by atoms with E-state index in [9.17, 15) is 9.59 Å². The van der Waals surface area contributed by atoms with E-state index >= 15 is 0 Å². The molecule has 1 aromatic heterocycles. The number of carbonyl (C=O) groups is 2. The molecular weight excluding hydrogens is 364 g/mol. The van der Waals surface area contributed by atoms with Gasteiger partial charge in [-0.3, -0.25) is 4.79 Å². The van der Waals surface area contributed by atoms with Crippen LogP contribution in [-0.2, 0) is 16.1 Å². The van der Waals surface area contributed by atoms with Crippen molar-refractivity contribution >= 4 is 34.1 Å². The van der Waals surface area contributed by atoms with Gasteiger partial charge in [-0.15, -0.1) is 11.3 Å². The van der Waals surface area contributed by atoms with E-state index in [1.165, 1.54) is 11.3 Å². The largest absolute Gasteiger partial charge is 0.385 e. The third-order valence-corrected chi connectivity index (χ3v) is 5.32. The molecule has 1 atom stereocenters. The molecule has 0 saturated heterocycles. The maximum absolute atomic E-state index is 12.3. The lowest BCUT2D eigenvalue weighted by Crippen LogP contribution is -2.35. The average molecular weight is 388 g/mol. The Morgan fingerprint density at radius 3 is 3.07 bits per heavy atom. The van der Waals surface area contributed by atoms with Crippen LogP contribution in [-0.4, -0.2) is 42.6 Å². The number of hydrogen-bond acceptors (Lipinski definition) is 5. The molecule has 144 valence electrons. The van der Waals surface area contributed by atoms with Crippen LogP contribution in [0.3, 0.4) is 0 Å². The Hall–Kier alpha value is -2.45. The molecule has 2 N–H and O–H groups in total. The minimum atomic E-state index is -0.103. The number of carbonyl (C=O) groups excluding carboxylic acids is 2. The highest BCUT2D eigenvalue weighted by Gasteiger charge is 2.20. The number of urea groups is 1. The SMILES string of the molecule is COCCC[C@@H](C)C(=O)Nc1nc(-c2ccc3c(c2)CN(C)C(=O)N3)cs1. The first-order valence-corrected chi connectivity index (χ1v) is 9.76. The number of nitrogens with one attached hydrogen (secondary N) is 2. The molecule has 1 aromatic carbocycles. The molecule has 8 heteroatoms. The van der Waals surface area contributed by atoms with Crippen LogP contribution in [0.15, 0.2) is 23.6 Å². The number of ether oxygens (including phenoxy) is 1. The number of nitrogens with zero attached hydrogens (tertiary/aromatic N) is 2. The number of thiazole rings is 1. The monoisotopic (exact) mass is 388 g/mol. The summed E-state index contributed by atoms with van der Waals surface area (Å²) < 4.78 is 5.03. The van der Waals surface area contributed by atoms with Crippen molar-refractivity contribution in [2.75, 3.05) is 31.4 Å². The zero-order valence-electron chi connectivity index (χ0n) is 15.7. The summed E-state index contributed by atoms with van der Waals surface area (Å²) in [6.07, 6.45) is 1.64. The predicted octanol–water partition coefficient (Wildman–Crippen LogP) is 3.79. The van der Waals surface area contributed by atoms with E-state index in [-0.39, 0.29) is 17.9 Å². The number of anilines is 2. The molecule has 0 aliphatic carbocycles. The first kappa shape index (κ1) is 19.3. The van der Waals surface area contributed by atoms with Crippen LogP contribution in [0.25, 0.3) is 11.3 Å². The van der Waals surface area contributed by atoms with E-state index < -0.39 is 0 Å². The fourth-order valence-electron chi connectivity index (χ4n) is 2.90. The number of methoxy groups -OCH3 is 1. The predicted molar refractivity (Wildman–Crippen MR) is 107 cm³/mol. The molecule has 7 nitrogen and oxygen atoms in total. The van der Waals surface area contributed by atoms with E-state index in [2.05, 4.69) is 15.6 Å². The number of aromatic nitrogens is 1. The molecule has 0 spiro atoms. The summed E-state index contributed by atoms with van der Waals surface area (Å²) in [6, 6.07) is 5.75. The van der Waals surface area contributed by atoms with Crippen molar-refractivity contribution in [1.29, 1.82) is 0 Å². The third kappa shape index (κ3) is 4.64. The molecular formula is C19H24N4O3S. The molecule has 1 aliphatic rings. The van der Waals surface area contributed by atoms with Gasteiger partial charge in [-0.1, -0.05) is 13.0 Å². The van der Waals surface area contributed by atoms with Crippen molar-refractivity contribution < 1.29 is 14.3 Å². The first-order valence-electron chi connectivity index (χ1n) is 8.88. The Bertz CT molecular complexity index is 836. The van der Waals surface area contributed by atoms with Crippen molar-refractivity contribution in [3.05, 3.63) is 29.1 Å². The fraction of sp³-hybridized carbons (Fsp3) is 0.421. The molecule has 1 aliphatic heterocycles. The lowest BCUT2D eigenvalue weighted by Gasteiger charge is -2.26. The van der Waals surface area contributed by atoms with E-state index in [1.807, 2.05) is 30.5 Å². The number of hydrogen-bond donors (Lipinski definition) is 2. The topological polar surface area (TPSA) is 83.6 Å². The van der Waals surface area contributed by atoms with E-state index in [4.69, 9.17) is 4.74 Å². The molecule has 0 radical (unpaired) electrons. The number of rotatable bonds is 7. The molecule has 2 heterocycles. The summed E-state index contributed by atoms with van der Waals surface area (Å²) in [4.78, 5) is 30.2. The number of fused-ring (bicyclic) bond motifs is 1. The van der Waals surface area contributed by atoms with Gasteiger partial charge in [0, 0.05) is 49.9 Å². The number of amides is 3. The Morgan fingerprint density at radius 1 is 1.48 bits per heavy atom. The van der Waals surface area contributed by atoms with Crippen molar-refractivity contribution in [3.8, 4) is 11.3 Å². The van der Waals surface area contributed by atoms with Gasteiger partial charge in [0.05, 0.1) is 5.69 Å². The molecule has 0 bridgehead atoms. The van der Waals surface area contributed by atoms with Crippen molar-refractivity contribution in [2.24, 2.45) is 5.92 Å². The van der Waals surface area contributed by atoms with Gasteiger partial charge < -0.3 is 20.3 Å². The van der Waals surface area contributed by atoms with E-state index in [0.29, 0.717) is 18.3 Å². The van der Waals surface area contributed by atoms with Gasteiger partial charge in [0.1, 0.15) is 0 Å². The molecule has 3 amide bonds. The van der Waals surface area contributed by atoms with Crippen molar-refractivity contribution in [3.63, 3.8) is 0 Å². The highest BCUT2D eigenvalue weighted by Crippen LogP contribution is 2.30. The summed E-state index contributed by atoms with van der Waals surface area (Å²) in [5, 5.41) is 8.28. The molecule has 0 unspecified atom stereocenters. The van der Waals surface area contributed by atoms with Gasteiger partial charge in [-0.25, -0.2) is 9.78 Å². The quantitative estimate of drug-likeness (QED) is 0.707. The zero-order chi connectivity index (χ0) is 19.4. The molecule has 27 heavy (non-hydrogen) atoms. The van der Waals surface area contributed by atoms with Crippen LogP contribution in [0.1, 0.15) is 25.3 Å². The van der Waals surface area contributed by atoms with Gasteiger partial charge in [0.2, 0.25) is 5.91 Å². The fourth-order valence-corrected chi connectivity index (χ4v) is 3.62. The van der Waals surface area contributed by atoms with Gasteiger partial charge in [0.25, 0.3) is 0 Å². The van der Waals surface area contributed by atoms with Crippen LogP contribution in [0.4, 0.5) is 15.6 Å². The normalized spacial score (nSPS) is 14.5. The van der Waals surface area contributed by atoms with Gasteiger partial charge >= 0.3 is 6.03 Å². The maximum atomic E-state index is 12.3. The molecule has 0 fully saturated rings. The highest BCUT2D eigenvalue weighted by atomic mass is 32.1. The van der Waals surface area contributed by atoms with Gasteiger partial charge in [-0.05, 0) is 30.5 Å². The Morgan fingerprint density at radius 2 is 2.30 bits per heavy atom.